The summed E-state index contributed by atoms with van der Waals surface area (Å²) in [5, 5.41) is 0. The van der Waals surface area contributed by atoms with Crippen molar-refractivity contribution in [2.75, 3.05) is 0 Å². The molecule has 3 N–H and O–H groups in total. The van der Waals surface area contributed by atoms with E-state index in [9.17, 15) is 4.79 Å². The fourth-order valence-corrected chi connectivity index (χ4v) is 2.67. The van der Waals surface area contributed by atoms with Crippen LogP contribution in [0.25, 0.3) is 0 Å². The first-order valence-corrected chi connectivity index (χ1v) is 6.72. The molecule has 0 saturated heterocycles. The van der Waals surface area contributed by atoms with E-state index in [1.807, 2.05) is 0 Å². The minimum atomic E-state index is -0.432. The van der Waals surface area contributed by atoms with Gasteiger partial charge in [0.2, 0.25) is 0 Å². The van der Waals surface area contributed by atoms with Gasteiger partial charge in [0, 0.05) is 0 Å². The topological polar surface area (TPSA) is 70.5 Å². The summed E-state index contributed by atoms with van der Waals surface area (Å²) in [5.41, 5.74) is 0. The highest BCUT2D eigenvalue weighted by Gasteiger charge is 2.22. The normalized spacial score (nSPS) is 22.6. The molecule has 2 aliphatic rings. The monoisotopic (exact) mass is 243 g/mol. The molecule has 4 nitrogen and oxygen atoms in total. The Morgan fingerprint density at radius 2 is 1.06 bits per heavy atom. The molecule has 2 saturated carbocycles. The lowest BCUT2D eigenvalue weighted by molar-refractivity contribution is -0.0189. The lowest BCUT2D eigenvalue weighted by atomic mass is 9.98. The van der Waals surface area contributed by atoms with Crippen LogP contribution in [0, 0.1) is 0 Å². The van der Waals surface area contributed by atoms with E-state index in [1.165, 1.54) is 38.5 Å². The Hall–Kier alpha value is -0.770. The maximum absolute atomic E-state index is 11.5. The molecule has 0 radical (unpaired) electrons. The molecule has 0 heterocycles. The minimum absolute atomic E-state index is 0. The molecule has 2 rings (SSSR count). The third kappa shape index (κ3) is 4.94. The second-order valence-corrected chi connectivity index (χ2v) is 5.01. The second kappa shape index (κ2) is 7.54. The molecule has 0 aliphatic heterocycles. The van der Waals surface area contributed by atoms with E-state index < -0.39 is 6.16 Å². The molecule has 100 valence electrons. The molecular weight excluding hydrogens is 218 g/mol. The van der Waals surface area contributed by atoms with Crippen molar-refractivity contribution >= 4 is 6.16 Å². The average Bonchev–Trinajstić information content (AvgIpc) is 2.31. The van der Waals surface area contributed by atoms with Crippen LogP contribution in [-0.4, -0.2) is 18.4 Å². The summed E-state index contributed by atoms with van der Waals surface area (Å²) in [4.78, 5) is 11.5. The number of carbonyl (C=O) groups is 1. The van der Waals surface area contributed by atoms with Gasteiger partial charge < -0.3 is 15.6 Å². The average molecular weight is 243 g/mol. The first-order valence-electron chi connectivity index (χ1n) is 6.72. The molecular formula is C13H25NO3. The number of rotatable bonds is 2. The zero-order valence-electron chi connectivity index (χ0n) is 10.7. The standard InChI is InChI=1S/C13H22O3.H3N/c14-13(15-11-7-3-1-4-8-11)16-12-9-5-2-6-10-12;/h11-12H,1-10H2;1H3. The van der Waals surface area contributed by atoms with E-state index in [2.05, 4.69) is 0 Å². The van der Waals surface area contributed by atoms with Crippen LogP contribution < -0.4 is 6.15 Å². The number of hydrogen-bond acceptors (Lipinski definition) is 4. The summed E-state index contributed by atoms with van der Waals surface area (Å²) >= 11 is 0. The Morgan fingerprint density at radius 3 is 1.41 bits per heavy atom. The maximum atomic E-state index is 11.5. The second-order valence-electron chi connectivity index (χ2n) is 5.01. The molecule has 2 fully saturated rings. The molecule has 0 aromatic carbocycles. The van der Waals surface area contributed by atoms with Gasteiger partial charge in [-0.15, -0.1) is 0 Å². The summed E-state index contributed by atoms with van der Waals surface area (Å²) in [6, 6.07) is 0. The molecule has 0 aromatic rings. The van der Waals surface area contributed by atoms with Crippen LogP contribution in [0.2, 0.25) is 0 Å². The molecule has 0 atom stereocenters. The van der Waals surface area contributed by atoms with Gasteiger partial charge in [0.15, 0.2) is 0 Å². The van der Waals surface area contributed by atoms with E-state index in [1.54, 1.807) is 0 Å². The Balaban J connectivity index is 0.00000144. The zero-order chi connectivity index (χ0) is 11.2. The van der Waals surface area contributed by atoms with Gasteiger partial charge in [-0.1, -0.05) is 12.8 Å². The molecule has 2 aliphatic carbocycles. The third-order valence-electron chi connectivity index (χ3n) is 3.63. The maximum Gasteiger partial charge on any atom is 0.508 e. The minimum Gasteiger partial charge on any atom is -0.431 e. The van der Waals surface area contributed by atoms with Crippen molar-refractivity contribution < 1.29 is 14.3 Å². The summed E-state index contributed by atoms with van der Waals surface area (Å²) in [6.07, 6.45) is 11.1. The summed E-state index contributed by atoms with van der Waals surface area (Å²) < 4.78 is 10.7. The van der Waals surface area contributed by atoms with Gasteiger partial charge in [0.05, 0.1) is 0 Å². The lowest BCUT2D eigenvalue weighted by Crippen LogP contribution is -2.26. The largest absolute Gasteiger partial charge is 0.508 e. The van der Waals surface area contributed by atoms with E-state index in [4.69, 9.17) is 9.47 Å². The quantitative estimate of drug-likeness (QED) is 0.745. The Kier molecular flexibility index (Phi) is 6.34. The fourth-order valence-electron chi connectivity index (χ4n) is 2.67. The van der Waals surface area contributed by atoms with Crippen LogP contribution in [0.1, 0.15) is 64.2 Å². The summed E-state index contributed by atoms with van der Waals surface area (Å²) in [5.74, 6) is 0. The SMILES string of the molecule is N.O=C(OC1CCCCC1)OC1CCCCC1. The number of ether oxygens (including phenoxy) is 2. The molecule has 0 aromatic heterocycles. The Morgan fingerprint density at radius 1 is 0.706 bits per heavy atom. The Labute approximate surface area is 104 Å². The molecule has 4 heteroatoms. The highest BCUT2D eigenvalue weighted by Crippen LogP contribution is 2.23. The van der Waals surface area contributed by atoms with Crippen molar-refractivity contribution in [3.05, 3.63) is 0 Å². The number of hydrogen-bond donors (Lipinski definition) is 1. The van der Waals surface area contributed by atoms with Crippen LogP contribution >= 0.6 is 0 Å². The van der Waals surface area contributed by atoms with Gasteiger partial charge in [-0.3, -0.25) is 0 Å². The van der Waals surface area contributed by atoms with Crippen molar-refractivity contribution in [3.63, 3.8) is 0 Å². The predicted molar refractivity (Wildman–Crippen MR) is 66.3 cm³/mol. The summed E-state index contributed by atoms with van der Waals surface area (Å²) in [6.45, 7) is 0. The first-order chi connectivity index (χ1) is 7.84. The van der Waals surface area contributed by atoms with Crippen molar-refractivity contribution in [2.45, 2.75) is 76.4 Å². The van der Waals surface area contributed by atoms with Crippen LogP contribution in [-0.2, 0) is 9.47 Å². The Bertz CT molecular complexity index is 199. The van der Waals surface area contributed by atoms with Gasteiger partial charge in [0.25, 0.3) is 0 Å². The summed E-state index contributed by atoms with van der Waals surface area (Å²) in [7, 11) is 0. The molecule has 0 bridgehead atoms. The first kappa shape index (κ1) is 14.3. The number of carbonyl (C=O) groups excluding carboxylic acids is 1. The van der Waals surface area contributed by atoms with E-state index in [0.29, 0.717) is 0 Å². The van der Waals surface area contributed by atoms with Crippen LogP contribution in [0.3, 0.4) is 0 Å². The highest BCUT2D eigenvalue weighted by atomic mass is 16.7. The van der Waals surface area contributed by atoms with Crippen molar-refractivity contribution in [1.82, 2.24) is 6.15 Å². The van der Waals surface area contributed by atoms with E-state index in [0.717, 1.165) is 25.7 Å². The van der Waals surface area contributed by atoms with Gasteiger partial charge in [0.1, 0.15) is 12.2 Å². The van der Waals surface area contributed by atoms with Crippen molar-refractivity contribution in [3.8, 4) is 0 Å². The van der Waals surface area contributed by atoms with E-state index in [-0.39, 0.29) is 18.4 Å². The van der Waals surface area contributed by atoms with Crippen LogP contribution in [0.15, 0.2) is 0 Å². The molecule has 0 unspecified atom stereocenters. The predicted octanol–water partition coefficient (Wildman–Crippen LogP) is 3.97. The van der Waals surface area contributed by atoms with Gasteiger partial charge in [-0.05, 0) is 51.4 Å². The smallest absolute Gasteiger partial charge is 0.431 e. The van der Waals surface area contributed by atoms with Gasteiger partial charge >= 0.3 is 6.16 Å². The third-order valence-corrected chi connectivity index (χ3v) is 3.63. The van der Waals surface area contributed by atoms with Crippen molar-refractivity contribution in [1.29, 1.82) is 0 Å². The zero-order valence-corrected chi connectivity index (χ0v) is 10.7. The van der Waals surface area contributed by atoms with Gasteiger partial charge in [-0.2, -0.15) is 0 Å². The molecule has 0 amide bonds. The molecule has 17 heavy (non-hydrogen) atoms. The highest BCUT2D eigenvalue weighted by molar-refractivity contribution is 5.60. The van der Waals surface area contributed by atoms with Gasteiger partial charge in [-0.25, -0.2) is 4.79 Å². The van der Waals surface area contributed by atoms with Crippen LogP contribution in [0.4, 0.5) is 4.79 Å². The van der Waals surface area contributed by atoms with E-state index >= 15 is 0 Å². The molecule has 0 spiro atoms. The fraction of sp³-hybridized carbons (Fsp3) is 0.923. The van der Waals surface area contributed by atoms with Crippen LogP contribution in [0.5, 0.6) is 0 Å². The lowest BCUT2D eigenvalue weighted by Gasteiger charge is -2.25. The van der Waals surface area contributed by atoms with Crippen molar-refractivity contribution in [2.24, 2.45) is 0 Å².